The van der Waals surface area contributed by atoms with Crippen molar-refractivity contribution < 1.29 is 4.79 Å². The second-order valence-electron chi connectivity index (χ2n) is 5.87. The molecule has 1 heterocycles. The molecule has 5 nitrogen and oxygen atoms in total. The summed E-state index contributed by atoms with van der Waals surface area (Å²) in [4.78, 5) is 12.0. The number of H-pyrrole nitrogens is 1. The normalized spacial score (nSPS) is 19.8. The third-order valence-electron chi connectivity index (χ3n) is 4.35. The van der Waals surface area contributed by atoms with E-state index in [1.165, 1.54) is 25.7 Å². The molecule has 2 aliphatic rings. The number of nitrogens with zero attached hydrogens (tertiary/aromatic N) is 1. The Morgan fingerprint density at radius 2 is 2.05 bits per heavy atom. The maximum Gasteiger partial charge on any atom is 0.273 e. The van der Waals surface area contributed by atoms with E-state index >= 15 is 0 Å². The zero-order chi connectivity index (χ0) is 13.2. The summed E-state index contributed by atoms with van der Waals surface area (Å²) in [6.45, 7) is 0.731. The number of aromatic nitrogens is 2. The van der Waals surface area contributed by atoms with E-state index in [1.54, 1.807) is 0 Å². The van der Waals surface area contributed by atoms with Gasteiger partial charge in [0.2, 0.25) is 0 Å². The highest BCUT2D eigenvalue weighted by Gasteiger charge is 2.30. The minimum atomic E-state index is -0.140. The highest BCUT2D eigenvalue weighted by Crippen LogP contribution is 2.42. The van der Waals surface area contributed by atoms with Crippen LogP contribution < -0.4 is 11.1 Å². The second-order valence-corrected chi connectivity index (χ2v) is 5.87. The molecular formula is C14H22N4O. The summed E-state index contributed by atoms with van der Waals surface area (Å²) in [5.74, 6) is 1.14. The van der Waals surface area contributed by atoms with Crippen LogP contribution in [0.25, 0.3) is 0 Å². The van der Waals surface area contributed by atoms with Gasteiger partial charge in [-0.15, -0.1) is 0 Å². The number of carbonyl (C=O) groups excluding carboxylic acids is 1. The van der Waals surface area contributed by atoms with Crippen LogP contribution in [0.3, 0.4) is 0 Å². The van der Waals surface area contributed by atoms with Crippen LogP contribution in [0.4, 0.5) is 5.69 Å². The number of hydrogen-bond donors (Lipinski definition) is 3. The quantitative estimate of drug-likeness (QED) is 0.760. The Kier molecular flexibility index (Phi) is 3.44. The maximum atomic E-state index is 12.0. The molecule has 104 valence electrons. The summed E-state index contributed by atoms with van der Waals surface area (Å²) < 4.78 is 0. The fourth-order valence-electron chi connectivity index (χ4n) is 2.99. The van der Waals surface area contributed by atoms with Gasteiger partial charge in [-0.3, -0.25) is 9.89 Å². The van der Waals surface area contributed by atoms with Crippen LogP contribution in [0.15, 0.2) is 0 Å². The number of nitrogen functional groups attached to an aromatic ring is 1. The van der Waals surface area contributed by atoms with E-state index in [2.05, 4.69) is 15.5 Å². The molecule has 0 bridgehead atoms. The number of hydrogen-bond acceptors (Lipinski definition) is 3. The number of carbonyl (C=O) groups is 1. The Morgan fingerprint density at radius 3 is 2.74 bits per heavy atom. The molecular weight excluding hydrogens is 240 g/mol. The number of rotatable bonds is 5. The van der Waals surface area contributed by atoms with Gasteiger partial charge in [-0.1, -0.05) is 25.7 Å². The Balaban J connectivity index is 1.51. The van der Waals surface area contributed by atoms with Crippen LogP contribution in [0.5, 0.6) is 0 Å². The fourth-order valence-corrected chi connectivity index (χ4v) is 2.99. The molecule has 0 radical (unpaired) electrons. The van der Waals surface area contributed by atoms with Crippen molar-refractivity contribution in [1.29, 1.82) is 0 Å². The SMILES string of the molecule is Nc1c(C(=O)NCCC2CCCC2)n[nH]c1C1CC1. The first-order valence-electron chi connectivity index (χ1n) is 7.37. The molecule has 0 atom stereocenters. The number of nitrogens with one attached hydrogen (secondary N) is 2. The van der Waals surface area contributed by atoms with Crippen molar-refractivity contribution in [2.24, 2.45) is 5.92 Å². The molecule has 0 aromatic carbocycles. The molecule has 0 aliphatic heterocycles. The van der Waals surface area contributed by atoms with Crippen molar-refractivity contribution >= 4 is 11.6 Å². The van der Waals surface area contributed by atoms with Crippen molar-refractivity contribution in [3.63, 3.8) is 0 Å². The lowest BCUT2D eigenvalue weighted by atomic mass is 10.0. The molecule has 5 heteroatoms. The molecule has 0 spiro atoms. The Morgan fingerprint density at radius 1 is 1.32 bits per heavy atom. The van der Waals surface area contributed by atoms with E-state index in [-0.39, 0.29) is 5.91 Å². The van der Waals surface area contributed by atoms with Gasteiger partial charge < -0.3 is 11.1 Å². The van der Waals surface area contributed by atoms with Gasteiger partial charge in [-0.05, 0) is 25.2 Å². The van der Waals surface area contributed by atoms with Gasteiger partial charge in [-0.25, -0.2) is 0 Å². The van der Waals surface area contributed by atoms with Crippen molar-refractivity contribution in [2.75, 3.05) is 12.3 Å². The summed E-state index contributed by atoms with van der Waals surface area (Å²) in [5.41, 5.74) is 7.84. The molecule has 1 aromatic rings. The van der Waals surface area contributed by atoms with Gasteiger partial charge in [0.15, 0.2) is 5.69 Å². The third-order valence-corrected chi connectivity index (χ3v) is 4.35. The predicted octanol–water partition coefficient (Wildman–Crippen LogP) is 2.18. The smallest absolute Gasteiger partial charge is 0.273 e. The van der Waals surface area contributed by atoms with Crippen LogP contribution in [-0.4, -0.2) is 22.6 Å². The van der Waals surface area contributed by atoms with Crippen LogP contribution in [0, 0.1) is 5.92 Å². The largest absolute Gasteiger partial charge is 0.395 e. The molecule has 3 rings (SSSR count). The summed E-state index contributed by atoms with van der Waals surface area (Å²) in [7, 11) is 0. The standard InChI is InChI=1S/C14H22N4O/c15-11-12(10-5-6-10)17-18-13(11)14(19)16-8-7-9-3-1-2-4-9/h9-10H,1-8,15H2,(H,16,19)(H,17,18). The van der Waals surface area contributed by atoms with Gasteiger partial charge in [0.25, 0.3) is 5.91 Å². The Hall–Kier alpha value is -1.52. The molecule has 4 N–H and O–H groups in total. The third kappa shape index (κ3) is 2.74. The van der Waals surface area contributed by atoms with Crippen molar-refractivity contribution in [3.05, 3.63) is 11.4 Å². The first kappa shape index (κ1) is 12.5. The topological polar surface area (TPSA) is 83.8 Å². The lowest BCUT2D eigenvalue weighted by Gasteiger charge is -2.09. The highest BCUT2D eigenvalue weighted by atomic mass is 16.1. The Labute approximate surface area is 113 Å². The minimum absolute atomic E-state index is 0.140. The maximum absolute atomic E-state index is 12.0. The van der Waals surface area contributed by atoms with Gasteiger partial charge in [0, 0.05) is 12.5 Å². The molecule has 19 heavy (non-hydrogen) atoms. The molecule has 2 saturated carbocycles. The first-order valence-corrected chi connectivity index (χ1v) is 7.37. The minimum Gasteiger partial charge on any atom is -0.395 e. The zero-order valence-electron chi connectivity index (χ0n) is 11.2. The lowest BCUT2D eigenvalue weighted by molar-refractivity contribution is 0.0947. The second kappa shape index (κ2) is 5.23. The molecule has 1 aromatic heterocycles. The zero-order valence-corrected chi connectivity index (χ0v) is 11.2. The predicted molar refractivity (Wildman–Crippen MR) is 73.9 cm³/mol. The van der Waals surface area contributed by atoms with E-state index in [4.69, 9.17) is 5.73 Å². The van der Waals surface area contributed by atoms with E-state index in [9.17, 15) is 4.79 Å². The molecule has 2 aliphatic carbocycles. The summed E-state index contributed by atoms with van der Waals surface area (Å²) in [6.07, 6.45) is 8.68. The van der Waals surface area contributed by atoms with E-state index in [0.29, 0.717) is 17.3 Å². The number of anilines is 1. The number of nitrogens with two attached hydrogens (primary N) is 1. The van der Waals surface area contributed by atoms with Crippen molar-refractivity contribution in [1.82, 2.24) is 15.5 Å². The van der Waals surface area contributed by atoms with Gasteiger partial charge >= 0.3 is 0 Å². The van der Waals surface area contributed by atoms with Crippen LogP contribution in [0.1, 0.15) is 67.0 Å². The summed E-state index contributed by atoms with van der Waals surface area (Å²) in [6, 6.07) is 0. The first-order chi connectivity index (χ1) is 9.25. The van der Waals surface area contributed by atoms with Gasteiger partial charge in [0.05, 0.1) is 11.4 Å². The lowest BCUT2D eigenvalue weighted by Crippen LogP contribution is -2.26. The van der Waals surface area contributed by atoms with Gasteiger partial charge in [0.1, 0.15) is 0 Å². The fraction of sp³-hybridized carbons (Fsp3) is 0.714. The Bertz CT molecular complexity index is 458. The summed E-state index contributed by atoms with van der Waals surface area (Å²) in [5, 5.41) is 9.92. The molecule has 0 saturated heterocycles. The van der Waals surface area contributed by atoms with Gasteiger partial charge in [-0.2, -0.15) is 5.10 Å². The number of amides is 1. The van der Waals surface area contributed by atoms with Crippen LogP contribution >= 0.6 is 0 Å². The van der Waals surface area contributed by atoms with Crippen LogP contribution in [-0.2, 0) is 0 Å². The monoisotopic (exact) mass is 262 g/mol. The highest BCUT2D eigenvalue weighted by molar-refractivity contribution is 5.97. The average Bonchev–Trinajstić information content (AvgIpc) is 2.96. The molecule has 1 amide bonds. The number of aromatic amines is 1. The van der Waals surface area contributed by atoms with Crippen LogP contribution in [0.2, 0.25) is 0 Å². The summed E-state index contributed by atoms with van der Waals surface area (Å²) >= 11 is 0. The van der Waals surface area contributed by atoms with Crippen molar-refractivity contribution in [3.8, 4) is 0 Å². The average molecular weight is 262 g/mol. The van der Waals surface area contributed by atoms with E-state index in [0.717, 1.165) is 37.4 Å². The van der Waals surface area contributed by atoms with E-state index < -0.39 is 0 Å². The molecule has 0 unspecified atom stereocenters. The van der Waals surface area contributed by atoms with Crippen molar-refractivity contribution in [2.45, 2.75) is 50.9 Å². The van der Waals surface area contributed by atoms with E-state index in [1.807, 2.05) is 0 Å². The molecule has 2 fully saturated rings.